The van der Waals surface area contributed by atoms with Gasteiger partial charge in [0.25, 0.3) is 0 Å². The SMILES string of the molecule is Cc1ccc(Cn2nc(C)c(CCC(=O)NCC(N)c3ccccc3)c2C)cc1.Cl. The zero-order valence-corrected chi connectivity index (χ0v) is 18.7. The van der Waals surface area contributed by atoms with Gasteiger partial charge in [0.15, 0.2) is 0 Å². The number of aryl methyl sites for hydroxylation is 2. The monoisotopic (exact) mass is 426 g/mol. The lowest BCUT2D eigenvalue weighted by Crippen LogP contribution is -2.32. The van der Waals surface area contributed by atoms with Crippen LogP contribution in [0.15, 0.2) is 54.6 Å². The second-order valence-corrected chi connectivity index (χ2v) is 7.61. The van der Waals surface area contributed by atoms with E-state index in [2.05, 4.69) is 48.5 Å². The van der Waals surface area contributed by atoms with Crippen LogP contribution in [0, 0.1) is 20.8 Å². The van der Waals surface area contributed by atoms with E-state index in [0.717, 1.165) is 29.1 Å². The number of rotatable bonds is 8. The van der Waals surface area contributed by atoms with Gasteiger partial charge in [0.2, 0.25) is 5.91 Å². The van der Waals surface area contributed by atoms with Gasteiger partial charge < -0.3 is 11.1 Å². The Morgan fingerprint density at radius 2 is 1.73 bits per heavy atom. The molecule has 3 N–H and O–H groups in total. The summed E-state index contributed by atoms with van der Waals surface area (Å²) < 4.78 is 2.03. The maximum absolute atomic E-state index is 12.3. The van der Waals surface area contributed by atoms with Gasteiger partial charge in [0.05, 0.1) is 12.2 Å². The van der Waals surface area contributed by atoms with Crippen molar-refractivity contribution in [3.8, 4) is 0 Å². The molecule has 0 spiro atoms. The van der Waals surface area contributed by atoms with Gasteiger partial charge in [-0.15, -0.1) is 12.4 Å². The van der Waals surface area contributed by atoms with Crippen molar-refractivity contribution in [2.24, 2.45) is 5.73 Å². The zero-order valence-electron chi connectivity index (χ0n) is 17.9. The molecule has 1 unspecified atom stereocenters. The first-order valence-corrected chi connectivity index (χ1v) is 10.1. The first kappa shape index (κ1) is 23.6. The van der Waals surface area contributed by atoms with Crippen LogP contribution < -0.4 is 11.1 Å². The number of amides is 1. The summed E-state index contributed by atoms with van der Waals surface area (Å²) in [4.78, 5) is 12.3. The Morgan fingerprint density at radius 1 is 1.07 bits per heavy atom. The molecule has 1 heterocycles. The molecule has 1 aromatic heterocycles. The van der Waals surface area contributed by atoms with Gasteiger partial charge in [-0.25, -0.2) is 0 Å². The van der Waals surface area contributed by atoms with Crippen molar-refractivity contribution < 1.29 is 4.79 Å². The third-order valence-corrected chi connectivity index (χ3v) is 5.33. The van der Waals surface area contributed by atoms with Gasteiger partial charge in [-0.05, 0) is 43.9 Å². The molecule has 0 saturated carbocycles. The van der Waals surface area contributed by atoms with Gasteiger partial charge in [-0.1, -0.05) is 60.2 Å². The van der Waals surface area contributed by atoms with E-state index < -0.39 is 0 Å². The number of nitrogens with zero attached hydrogens (tertiary/aromatic N) is 2. The van der Waals surface area contributed by atoms with E-state index in [0.29, 0.717) is 19.4 Å². The van der Waals surface area contributed by atoms with Crippen LogP contribution in [0.3, 0.4) is 0 Å². The number of aromatic nitrogens is 2. The highest BCUT2D eigenvalue weighted by atomic mass is 35.5. The molecule has 1 amide bonds. The maximum atomic E-state index is 12.3. The van der Waals surface area contributed by atoms with Crippen LogP contribution in [0.25, 0.3) is 0 Å². The lowest BCUT2D eigenvalue weighted by Gasteiger charge is -2.13. The molecule has 0 aliphatic heterocycles. The fourth-order valence-electron chi connectivity index (χ4n) is 3.48. The predicted molar refractivity (Wildman–Crippen MR) is 124 cm³/mol. The molecule has 30 heavy (non-hydrogen) atoms. The van der Waals surface area contributed by atoms with Gasteiger partial charge in [-0.2, -0.15) is 5.10 Å². The number of hydrogen-bond acceptors (Lipinski definition) is 3. The van der Waals surface area contributed by atoms with Crippen molar-refractivity contribution in [3.63, 3.8) is 0 Å². The fourth-order valence-corrected chi connectivity index (χ4v) is 3.48. The molecule has 5 nitrogen and oxygen atoms in total. The molecule has 3 aromatic rings. The molecule has 160 valence electrons. The quantitative estimate of drug-likeness (QED) is 0.571. The van der Waals surface area contributed by atoms with Gasteiger partial charge in [-0.3, -0.25) is 9.48 Å². The minimum absolute atomic E-state index is 0. The van der Waals surface area contributed by atoms with Crippen LogP contribution in [0.5, 0.6) is 0 Å². The zero-order chi connectivity index (χ0) is 20.8. The summed E-state index contributed by atoms with van der Waals surface area (Å²) in [6.45, 7) is 7.35. The number of carbonyl (C=O) groups excluding carboxylic acids is 1. The van der Waals surface area contributed by atoms with Crippen molar-refractivity contribution >= 4 is 18.3 Å². The summed E-state index contributed by atoms with van der Waals surface area (Å²) in [6.07, 6.45) is 1.11. The number of nitrogens with one attached hydrogen (secondary N) is 1. The molecular formula is C24H31ClN4O. The van der Waals surface area contributed by atoms with E-state index in [1.165, 1.54) is 11.1 Å². The Labute approximate surface area is 185 Å². The van der Waals surface area contributed by atoms with Crippen LogP contribution in [-0.2, 0) is 17.8 Å². The Kier molecular flexibility index (Phi) is 8.63. The van der Waals surface area contributed by atoms with Crippen molar-refractivity contribution in [3.05, 3.63) is 88.2 Å². The highest BCUT2D eigenvalue weighted by Gasteiger charge is 2.14. The van der Waals surface area contributed by atoms with E-state index in [9.17, 15) is 4.79 Å². The Bertz CT molecular complexity index is 951. The second-order valence-electron chi connectivity index (χ2n) is 7.61. The molecule has 0 aliphatic rings. The molecule has 2 aromatic carbocycles. The smallest absolute Gasteiger partial charge is 0.220 e. The van der Waals surface area contributed by atoms with E-state index in [-0.39, 0.29) is 24.4 Å². The molecule has 0 aliphatic carbocycles. The molecular weight excluding hydrogens is 396 g/mol. The summed E-state index contributed by atoms with van der Waals surface area (Å²) in [5, 5.41) is 7.64. The standard InChI is InChI=1S/C24H30N4O.ClH/c1-17-9-11-20(12-10-17)16-28-19(3)22(18(2)27-28)13-14-24(29)26-15-23(25)21-7-5-4-6-8-21;/h4-12,23H,13-16,25H2,1-3H3,(H,26,29);1H. The average Bonchev–Trinajstić information content (AvgIpc) is 2.99. The minimum Gasteiger partial charge on any atom is -0.354 e. The first-order chi connectivity index (χ1) is 13.9. The number of benzene rings is 2. The first-order valence-electron chi connectivity index (χ1n) is 10.1. The lowest BCUT2D eigenvalue weighted by atomic mass is 10.1. The maximum Gasteiger partial charge on any atom is 0.220 e. The van der Waals surface area contributed by atoms with E-state index >= 15 is 0 Å². The van der Waals surface area contributed by atoms with Crippen molar-refractivity contribution in [2.75, 3.05) is 6.54 Å². The van der Waals surface area contributed by atoms with Crippen LogP contribution in [0.2, 0.25) is 0 Å². The summed E-state index contributed by atoms with van der Waals surface area (Å²) >= 11 is 0. The summed E-state index contributed by atoms with van der Waals surface area (Å²) in [6, 6.07) is 18.1. The molecule has 3 rings (SSSR count). The van der Waals surface area contributed by atoms with E-state index in [1.807, 2.05) is 41.9 Å². The molecule has 0 bridgehead atoms. The van der Waals surface area contributed by atoms with Crippen LogP contribution in [0.1, 0.15) is 46.1 Å². The predicted octanol–water partition coefficient (Wildman–Crippen LogP) is 4.03. The van der Waals surface area contributed by atoms with Crippen molar-refractivity contribution in [1.29, 1.82) is 0 Å². The van der Waals surface area contributed by atoms with E-state index in [1.54, 1.807) is 0 Å². The molecule has 0 fully saturated rings. The molecule has 0 saturated heterocycles. The average molecular weight is 427 g/mol. The van der Waals surface area contributed by atoms with Gasteiger partial charge in [0.1, 0.15) is 0 Å². The summed E-state index contributed by atoms with van der Waals surface area (Å²) in [5.74, 6) is 0.0152. The van der Waals surface area contributed by atoms with Gasteiger partial charge in [0, 0.05) is 24.7 Å². The lowest BCUT2D eigenvalue weighted by molar-refractivity contribution is -0.121. The summed E-state index contributed by atoms with van der Waals surface area (Å²) in [5.41, 5.74) is 12.9. The fraction of sp³-hybridized carbons (Fsp3) is 0.333. The third-order valence-electron chi connectivity index (χ3n) is 5.33. The largest absolute Gasteiger partial charge is 0.354 e. The highest BCUT2D eigenvalue weighted by Crippen LogP contribution is 2.17. The van der Waals surface area contributed by atoms with Gasteiger partial charge >= 0.3 is 0 Å². The molecule has 6 heteroatoms. The second kappa shape index (κ2) is 11.0. The summed E-state index contributed by atoms with van der Waals surface area (Å²) in [7, 11) is 0. The minimum atomic E-state index is -0.194. The van der Waals surface area contributed by atoms with Crippen LogP contribution in [0.4, 0.5) is 0 Å². The number of hydrogen-bond donors (Lipinski definition) is 2. The van der Waals surface area contributed by atoms with E-state index in [4.69, 9.17) is 5.73 Å². The van der Waals surface area contributed by atoms with Crippen LogP contribution in [-0.4, -0.2) is 22.2 Å². The number of halogens is 1. The van der Waals surface area contributed by atoms with Crippen LogP contribution >= 0.6 is 12.4 Å². The molecule has 0 radical (unpaired) electrons. The number of carbonyl (C=O) groups is 1. The molecule has 1 atom stereocenters. The van der Waals surface area contributed by atoms with Crippen molar-refractivity contribution in [1.82, 2.24) is 15.1 Å². The Balaban J connectivity index is 0.00000320. The Hall–Kier alpha value is -2.63. The number of nitrogens with two attached hydrogens (primary N) is 1. The van der Waals surface area contributed by atoms with Crippen molar-refractivity contribution in [2.45, 2.75) is 46.2 Å². The normalized spacial score (nSPS) is 11.6. The Morgan fingerprint density at radius 3 is 2.40 bits per heavy atom. The highest BCUT2D eigenvalue weighted by molar-refractivity contribution is 5.85. The third kappa shape index (κ3) is 6.18. The topological polar surface area (TPSA) is 72.9 Å².